The number of hydrogen-bond donors (Lipinski definition) is 2. The van der Waals surface area contributed by atoms with Gasteiger partial charge in [0, 0.05) is 39.6 Å². The van der Waals surface area contributed by atoms with Gasteiger partial charge in [-0.25, -0.2) is 4.98 Å². The van der Waals surface area contributed by atoms with Gasteiger partial charge < -0.3 is 19.4 Å². The number of carbonyl (C=O) groups is 1. The number of carbonyl (C=O) groups excluding carboxylic acids is 1. The summed E-state index contributed by atoms with van der Waals surface area (Å²) in [5.74, 6) is -0.393. The lowest BCUT2D eigenvalue weighted by atomic mass is 10.1. The van der Waals surface area contributed by atoms with Crippen molar-refractivity contribution in [2.75, 3.05) is 26.9 Å². The van der Waals surface area contributed by atoms with Gasteiger partial charge in [0.2, 0.25) is 0 Å². The van der Waals surface area contributed by atoms with Crippen molar-refractivity contribution in [2.24, 2.45) is 0 Å². The predicted molar refractivity (Wildman–Crippen MR) is 111 cm³/mol. The van der Waals surface area contributed by atoms with Crippen LogP contribution in [0.3, 0.4) is 0 Å². The van der Waals surface area contributed by atoms with E-state index in [-0.39, 0.29) is 22.7 Å². The summed E-state index contributed by atoms with van der Waals surface area (Å²) in [6.07, 6.45) is 4.15. The molecule has 1 aliphatic rings. The highest BCUT2D eigenvalue weighted by Crippen LogP contribution is 2.13. The maximum atomic E-state index is 13.1. The quantitative estimate of drug-likeness (QED) is 0.446. The lowest BCUT2D eigenvalue weighted by Gasteiger charge is -2.15. The van der Waals surface area contributed by atoms with Crippen molar-refractivity contribution in [2.45, 2.75) is 31.9 Å². The third-order valence-electron chi connectivity index (χ3n) is 5.31. The minimum absolute atomic E-state index is 0.00588. The van der Waals surface area contributed by atoms with Crippen molar-refractivity contribution in [3.05, 3.63) is 51.9 Å². The minimum atomic E-state index is -0.393. The van der Waals surface area contributed by atoms with E-state index < -0.39 is 5.91 Å². The number of nitrogens with one attached hydrogen (secondary N) is 2. The van der Waals surface area contributed by atoms with Gasteiger partial charge in [0.05, 0.1) is 17.1 Å². The highest BCUT2D eigenvalue weighted by Gasteiger charge is 2.20. The van der Waals surface area contributed by atoms with E-state index in [1.807, 2.05) is 0 Å². The number of pyridine rings is 2. The Kier molecular flexibility index (Phi) is 5.91. The molecule has 2 N–H and O–H groups in total. The van der Waals surface area contributed by atoms with Gasteiger partial charge in [-0.2, -0.15) is 0 Å². The number of aromatic nitrogens is 3. The number of amides is 1. The molecular formula is C21H25N5O4. The van der Waals surface area contributed by atoms with E-state index in [4.69, 9.17) is 14.9 Å². The first-order valence-electron chi connectivity index (χ1n) is 10.1. The second-order valence-electron chi connectivity index (χ2n) is 7.33. The molecule has 9 nitrogen and oxygen atoms in total. The number of hydrogen-bond acceptors (Lipinski definition) is 6. The van der Waals surface area contributed by atoms with Crippen LogP contribution in [-0.4, -0.2) is 52.8 Å². The molecule has 4 heterocycles. The molecule has 0 aliphatic carbocycles. The molecule has 0 aromatic carbocycles. The molecule has 1 fully saturated rings. The molecule has 1 saturated heterocycles. The Bertz CT molecular complexity index is 1190. The summed E-state index contributed by atoms with van der Waals surface area (Å²) < 4.78 is 13.7. The number of methoxy groups -OCH3 is 1. The van der Waals surface area contributed by atoms with Crippen LogP contribution in [0.25, 0.3) is 16.7 Å². The van der Waals surface area contributed by atoms with Gasteiger partial charge in [-0.15, -0.1) is 0 Å². The van der Waals surface area contributed by atoms with E-state index in [2.05, 4.69) is 10.3 Å². The van der Waals surface area contributed by atoms with Gasteiger partial charge in [-0.3, -0.25) is 19.4 Å². The molecule has 3 aromatic rings. The Hall–Kier alpha value is -3.04. The Labute approximate surface area is 172 Å². The number of rotatable bonds is 7. The summed E-state index contributed by atoms with van der Waals surface area (Å²) in [5.41, 5.74) is 0.779. The van der Waals surface area contributed by atoms with Crippen molar-refractivity contribution in [3.63, 3.8) is 0 Å². The van der Waals surface area contributed by atoms with E-state index in [1.54, 1.807) is 36.1 Å². The molecule has 158 valence electrons. The third kappa shape index (κ3) is 3.86. The van der Waals surface area contributed by atoms with Crippen LogP contribution in [-0.2, 0) is 16.0 Å². The Morgan fingerprint density at radius 2 is 2.30 bits per heavy atom. The monoisotopic (exact) mass is 411 g/mol. The van der Waals surface area contributed by atoms with Crippen LogP contribution < -0.4 is 16.4 Å². The topological polar surface area (TPSA) is 111 Å². The van der Waals surface area contributed by atoms with Crippen molar-refractivity contribution in [1.29, 1.82) is 5.41 Å². The van der Waals surface area contributed by atoms with Gasteiger partial charge in [0.1, 0.15) is 16.8 Å². The van der Waals surface area contributed by atoms with E-state index in [1.165, 1.54) is 10.5 Å². The second kappa shape index (κ2) is 8.76. The van der Waals surface area contributed by atoms with E-state index in [9.17, 15) is 9.59 Å². The van der Waals surface area contributed by atoms with E-state index >= 15 is 0 Å². The van der Waals surface area contributed by atoms with Crippen LogP contribution in [0.5, 0.6) is 0 Å². The largest absolute Gasteiger partial charge is 0.385 e. The molecule has 0 spiro atoms. The highest BCUT2D eigenvalue weighted by molar-refractivity contribution is 5.96. The minimum Gasteiger partial charge on any atom is -0.385 e. The molecule has 0 unspecified atom stereocenters. The molecule has 1 amide bonds. The molecule has 1 aliphatic heterocycles. The Balaban J connectivity index is 1.81. The zero-order chi connectivity index (χ0) is 21.1. The Morgan fingerprint density at radius 3 is 3.07 bits per heavy atom. The number of ether oxygens (including phenoxy) is 2. The molecule has 30 heavy (non-hydrogen) atoms. The summed E-state index contributed by atoms with van der Waals surface area (Å²) in [6, 6.07) is 6.77. The van der Waals surface area contributed by atoms with Crippen LogP contribution in [0.15, 0.2) is 35.3 Å². The van der Waals surface area contributed by atoms with Gasteiger partial charge >= 0.3 is 0 Å². The summed E-state index contributed by atoms with van der Waals surface area (Å²) >= 11 is 0. The van der Waals surface area contributed by atoms with Crippen LogP contribution in [0, 0.1) is 5.41 Å². The number of aryl methyl sites for hydroxylation is 1. The van der Waals surface area contributed by atoms with Crippen molar-refractivity contribution in [1.82, 2.24) is 19.3 Å². The van der Waals surface area contributed by atoms with E-state index in [0.717, 1.165) is 12.8 Å². The van der Waals surface area contributed by atoms with Crippen LogP contribution in [0.2, 0.25) is 0 Å². The van der Waals surface area contributed by atoms with Gasteiger partial charge in [0.15, 0.2) is 0 Å². The molecule has 0 bridgehead atoms. The van der Waals surface area contributed by atoms with Crippen LogP contribution in [0.1, 0.15) is 29.6 Å². The summed E-state index contributed by atoms with van der Waals surface area (Å²) in [6.45, 7) is 1.99. The zero-order valence-corrected chi connectivity index (χ0v) is 16.9. The number of fused-ring (bicyclic) bond motifs is 2. The molecule has 9 heteroatoms. The fraction of sp³-hybridized carbons (Fsp3) is 0.429. The first-order chi connectivity index (χ1) is 14.6. The summed E-state index contributed by atoms with van der Waals surface area (Å²) in [4.78, 5) is 30.6. The van der Waals surface area contributed by atoms with Gasteiger partial charge in [-0.1, -0.05) is 6.07 Å². The van der Waals surface area contributed by atoms with Crippen molar-refractivity contribution >= 4 is 22.6 Å². The fourth-order valence-corrected chi connectivity index (χ4v) is 3.75. The fourth-order valence-electron chi connectivity index (χ4n) is 3.75. The predicted octanol–water partition coefficient (Wildman–Crippen LogP) is 1.07. The standard InChI is InChI=1S/C21H25N5O4/c1-29-10-5-9-26-18(22)15(20(27)23-13-14-6-4-11-30-14)12-16-19(26)24-17-7-2-3-8-25(17)21(16)28/h2-3,7-8,12,14,22H,4-6,9-11,13H2,1H3,(H,23,27)/t14-/m1/s1. The number of nitrogens with zero attached hydrogens (tertiary/aromatic N) is 3. The normalized spacial score (nSPS) is 16.4. The maximum absolute atomic E-state index is 13.1. The molecule has 0 saturated carbocycles. The van der Waals surface area contributed by atoms with Crippen LogP contribution in [0.4, 0.5) is 0 Å². The summed E-state index contributed by atoms with van der Waals surface area (Å²) in [5, 5.41) is 11.8. The van der Waals surface area contributed by atoms with Crippen molar-refractivity contribution in [3.8, 4) is 0 Å². The maximum Gasteiger partial charge on any atom is 0.267 e. The smallest absolute Gasteiger partial charge is 0.267 e. The lowest BCUT2D eigenvalue weighted by Crippen LogP contribution is -2.38. The average Bonchev–Trinajstić information content (AvgIpc) is 3.27. The third-order valence-corrected chi connectivity index (χ3v) is 5.31. The SMILES string of the molecule is COCCCn1c(=N)c(C(=O)NC[C@H]2CCCO2)cc2c(=O)n3ccccc3nc21. The highest BCUT2D eigenvalue weighted by atomic mass is 16.5. The average molecular weight is 411 g/mol. The van der Waals surface area contributed by atoms with Crippen molar-refractivity contribution < 1.29 is 14.3 Å². The first kappa shape index (κ1) is 20.2. The molecule has 0 radical (unpaired) electrons. The molecule has 3 aromatic heterocycles. The van der Waals surface area contributed by atoms with E-state index in [0.29, 0.717) is 49.4 Å². The Morgan fingerprint density at radius 1 is 1.43 bits per heavy atom. The van der Waals surface area contributed by atoms with Gasteiger partial charge in [0.25, 0.3) is 11.5 Å². The molecule has 4 rings (SSSR count). The first-order valence-corrected chi connectivity index (χ1v) is 10.1. The zero-order valence-electron chi connectivity index (χ0n) is 16.9. The van der Waals surface area contributed by atoms with Crippen LogP contribution >= 0.6 is 0 Å². The second-order valence-corrected chi connectivity index (χ2v) is 7.33. The van der Waals surface area contributed by atoms with Gasteiger partial charge in [-0.05, 0) is 37.5 Å². The molecular weight excluding hydrogens is 386 g/mol. The lowest BCUT2D eigenvalue weighted by molar-refractivity contribution is 0.0855. The molecule has 1 atom stereocenters. The summed E-state index contributed by atoms with van der Waals surface area (Å²) in [7, 11) is 1.61.